The van der Waals surface area contributed by atoms with Gasteiger partial charge in [-0.15, -0.1) is 0 Å². The van der Waals surface area contributed by atoms with E-state index in [2.05, 4.69) is 5.32 Å². The van der Waals surface area contributed by atoms with Crippen LogP contribution in [0.2, 0.25) is 0 Å². The third-order valence-corrected chi connectivity index (χ3v) is 8.11. The van der Waals surface area contributed by atoms with Crippen molar-refractivity contribution in [3.8, 4) is 5.69 Å². The molecule has 1 N–H and O–H groups in total. The van der Waals surface area contributed by atoms with Crippen LogP contribution in [-0.4, -0.2) is 32.7 Å². The van der Waals surface area contributed by atoms with E-state index in [0.29, 0.717) is 34.5 Å². The zero-order valence-corrected chi connectivity index (χ0v) is 24.5. The zero-order chi connectivity index (χ0) is 28.7. The summed E-state index contributed by atoms with van der Waals surface area (Å²) in [6, 6.07) is 11.2. The summed E-state index contributed by atoms with van der Waals surface area (Å²) in [4.78, 5) is 53.6. The molecule has 9 nitrogen and oxygen atoms in total. The predicted octanol–water partition coefficient (Wildman–Crippen LogP) is 4.18. The highest BCUT2D eigenvalue weighted by molar-refractivity contribution is 14.1. The van der Waals surface area contributed by atoms with E-state index in [-0.39, 0.29) is 39.7 Å². The van der Waals surface area contributed by atoms with Gasteiger partial charge in [-0.3, -0.25) is 28.1 Å². The Labute approximate surface area is 242 Å². The van der Waals surface area contributed by atoms with Gasteiger partial charge in [0.05, 0.1) is 16.9 Å². The van der Waals surface area contributed by atoms with Gasteiger partial charge in [0.2, 0.25) is 0 Å². The summed E-state index contributed by atoms with van der Waals surface area (Å²) in [5, 5.41) is 2.95. The van der Waals surface area contributed by atoms with Crippen LogP contribution in [0.5, 0.6) is 0 Å². The van der Waals surface area contributed by atoms with Crippen LogP contribution in [0.15, 0.2) is 56.8 Å². The molecular weight excluding hydrogens is 630 g/mol. The fraction of sp³-hybridized carbons (Fsp3) is 0.310. The number of aromatic nitrogens is 3. The minimum absolute atomic E-state index is 0.0404. The van der Waals surface area contributed by atoms with E-state index in [1.807, 2.05) is 22.6 Å². The smallest absolute Gasteiger partial charge is 0.335 e. The number of carbonyl (C=O) groups is 1. The lowest BCUT2D eigenvalue weighted by atomic mass is 9.92. The maximum absolute atomic E-state index is 14.8. The first-order chi connectivity index (χ1) is 19.1. The van der Waals surface area contributed by atoms with Crippen molar-refractivity contribution >= 4 is 50.8 Å². The van der Waals surface area contributed by atoms with Gasteiger partial charge in [-0.25, -0.2) is 9.18 Å². The van der Waals surface area contributed by atoms with Crippen LogP contribution in [0.3, 0.4) is 0 Å². The van der Waals surface area contributed by atoms with Gasteiger partial charge in [0, 0.05) is 48.4 Å². The van der Waals surface area contributed by atoms with Gasteiger partial charge in [0.25, 0.3) is 11.1 Å². The molecule has 0 aliphatic carbocycles. The van der Waals surface area contributed by atoms with E-state index >= 15 is 0 Å². The average Bonchev–Trinajstić information content (AvgIpc) is 2.94. The Hall–Kier alpha value is -3.58. The number of hydrogen-bond donors (Lipinski definition) is 1. The van der Waals surface area contributed by atoms with Crippen molar-refractivity contribution < 1.29 is 13.9 Å². The van der Waals surface area contributed by atoms with Crippen LogP contribution in [0.1, 0.15) is 35.2 Å². The third-order valence-electron chi connectivity index (χ3n) is 7.44. The van der Waals surface area contributed by atoms with E-state index in [0.717, 1.165) is 17.4 Å². The topological polar surface area (TPSA) is 104 Å². The number of ketones is 1. The van der Waals surface area contributed by atoms with Gasteiger partial charge in [0.1, 0.15) is 17.0 Å². The summed E-state index contributed by atoms with van der Waals surface area (Å²) in [7, 11) is 2.82. The highest BCUT2D eigenvalue weighted by Crippen LogP contribution is 2.28. The molecule has 2 aromatic carbocycles. The predicted molar refractivity (Wildman–Crippen MR) is 160 cm³/mol. The largest absolute Gasteiger partial charge is 0.381 e. The minimum atomic E-state index is -0.672. The summed E-state index contributed by atoms with van der Waals surface area (Å²) >= 11 is 1.99. The Kier molecular flexibility index (Phi) is 7.78. The third kappa shape index (κ3) is 5.03. The van der Waals surface area contributed by atoms with Gasteiger partial charge < -0.3 is 10.1 Å². The molecule has 208 valence electrons. The lowest BCUT2D eigenvalue weighted by Crippen LogP contribution is -2.40. The van der Waals surface area contributed by atoms with Crippen molar-refractivity contribution in [2.45, 2.75) is 26.2 Å². The number of halogens is 2. The first kappa shape index (κ1) is 28.0. The lowest BCUT2D eigenvalue weighted by molar-refractivity contribution is 0.0601. The molecule has 3 heterocycles. The molecule has 2 aromatic heterocycles. The molecule has 4 aromatic rings. The van der Waals surface area contributed by atoms with E-state index < -0.39 is 22.6 Å². The maximum Gasteiger partial charge on any atom is 0.335 e. The van der Waals surface area contributed by atoms with Gasteiger partial charge >= 0.3 is 5.69 Å². The molecule has 1 saturated heterocycles. The first-order valence-electron chi connectivity index (χ1n) is 12.9. The molecular formula is C29H28FIN4O5. The fourth-order valence-corrected chi connectivity index (χ4v) is 5.61. The number of aryl methyl sites for hydroxylation is 1. The van der Waals surface area contributed by atoms with E-state index in [1.165, 1.54) is 42.3 Å². The van der Waals surface area contributed by atoms with Gasteiger partial charge in [-0.05, 0) is 78.6 Å². The molecule has 0 atom stereocenters. The molecule has 1 aliphatic heterocycles. The highest BCUT2D eigenvalue weighted by atomic mass is 127. The summed E-state index contributed by atoms with van der Waals surface area (Å²) in [5.41, 5.74) is -0.678. The number of ether oxygens (including phenoxy) is 1. The maximum atomic E-state index is 14.8. The molecule has 11 heteroatoms. The normalized spacial score (nSPS) is 14.0. The molecule has 0 unspecified atom stereocenters. The quantitative estimate of drug-likeness (QED) is 0.246. The standard InChI is InChI=1S/C29H28FIN4O5/c1-16-25-24(26(33(2)27(16)37)32-22-8-7-19(31)15-21(22)30)28(38)34(3)29(39)35(25)20-6-4-5-18(14-20)23(36)13-17-9-11-40-12-10-17/h4-8,14-15,17,32H,9-13H2,1-3H3. The number of nitrogens with one attached hydrogen (secondary N) is 1. The van der Waals surface area contributed by atoms with Crippen LogP contribution < -0.4 is 22.1 Å². The number of hydrogen-bond acceptors (Lipinski definition) is 6. The van der Waals surface area contributed by atoms with E-state index in [4.69, 9.17) is 4.74 Å². The second-order valence-electron chi connectivity index (χ2n) is 10.0. The molecule has 0 saturated carbocycles. The second kappa shape index (κ2) is 11.1. The van der Waals surface area contributed by atoms with Crippen LogP contribution in [-0.2, 0) is 18.8 Å². The van der Waals surface area contributed by atoms with E-state index in [9.17, 15) is 23.6 Å². The molecule has 1 fully saturated rings. The second-order valence-corrected chi connectivity index (χ2v) is 11.3. The number of anilines is 2. The van der Waals surface area contributed by atoms with Gasteiger partial charge in [0.15, 0.2) is 5.78 Å². The monoisotopic (exact) mass is 658 g/mol. The lowest BCUT2D eigenvalue weighted by Gasteiger charge is -2.21. The summed E-state index contributed by atoms with van der Waals surface area (Å²) in [6.45, 7) is 2.80. The summed E-state index contributed by atoms with van der Waals surface area (Å²) in [5.74, 6) is -0.340. The zero-order valence-electron chi connectivity index (χ0n) is 22.3. The summed E-state index contributed by atoms with van der Waals surface area (Å²) in [6.07, 6.45) is 2.00. The van der Waals surface area contributed by atoms with E-state index in [1.54, 1.807) is 30.3 Å². The Morgan fingerprint density at radius 3 is 2.48 bits per heavy atom. The number of Topliss-reactive ketones (excluding diaryl/α,β-unsaturated/α-hetero) is 1. The number of pyridine rings is 1. The Bertz CT molecular complexity index is 1840. The first-order valence-corrected chi connectivity index (χ1v) is 13.9. The SMILES string of the molecule is Cc1c(=O)n(C)c(Nc2ccc(I)cc2F)c2c(=O)n(C)c(=O)n(-c3cccc(C(=O)CC4CCOCC4)c3)c12. The van der Waals surface area contributed by atoms with Crippen molar-refractivity contribution in [1.82, 2.24) is 13.7 Å². The van der Waals surface area contributed by atoms with Crippen molar-refractivity contribution in [3.05, 3.63) is 94.2 Å². The average molecular weight is 658 g/mol. The van der Waals surface area contributed by atoms with Gasteiger partial charge in [-0.2, -0.15) is 0 Å². The molecule has 40 heavy (non-hydrogen) atoms. The number of rotatable bonds is 6. The molecule has 5 rings (SSSR count). The van der Waals surface area contributed by atoms with Crippen LogP contribution in [0.25, 0.3) is 16.6 Å². The molecule has 0 amide bonds. The molecule has 0 spiro atoms. The molecule has 1 aliphatic rings. The van der Waals surface area contributed by atoms with Crippen molar-refractivity contribution in [1.29, 1.82) is 0 Å². The number of benzene rings is 2. The number of nitrogens with zero attached hydrogens (tertiary/aromatic N) is 3. The number of carbonyl (C=O) groups excluding carboxylic acids is 1. The van der Waals surface area contributed by atoms with Crippen LogP contribution in [0, 0.1) is 22.2 Å². The van der Waals surface area contributed by atoms with Crippen LogP contribution in [0.4, 0.5) is 15.9 Å². The number of fused-ring (bicyclic) bond motifs is 1. The highest BCUT2D eigenvalue weighted by Gasteiger charge is 2.24. The Morgan fingerprint density at radius 1 is 1.05 bits per heavy atom. The Balaban J connectivity index is 1.72. The fourth-order valence-electron chi connectivity index (χ4n) is 5.16. The Morgan fingerprint density at radius 2 is 1.77 bits per heavy atom. The van der Waals surface area contributed by atoms with Crippen molar-refractivity contribution in [2.75, 3.05) is 18.5 Å². The summed E-state index contributed by atoms with van der Waals surface area (Å²) < 4.78 is 24.3. The molecule has 0 bridgehead atoms. The molecule has 0 radical (unpaired) electrons. The van der Waals surface area contributed by atoms with Crippen molar-refractivity contribution in [3.63, 3.8) is 0 Å². The van der Waals surface area contributed by atoms with Crippen molar-refractivity contribution in [2.24, 2.45) is 20.0 Å². The minimum Gasteiger partial charge on any atom is -0.381 e. The van der Waals surface area contributed by atoms with Crippen LogP contribution >= 0.6 is 22.6 Å². The van der Waals surface area contributed by atoms with Gasteiger partial charge in [-0.1, -0.05) is 12.1 Å².